The first kappa shape index (κ1) is 20.6. The quantitative estimate of drug-likeness (QED) is 0.472. The van der Waals surface area contributed by atoms with Crippen molar-refractivity contribution in [3.8, 4) is 5.75 Å². The number of morpholine rings is 1. The molecule has 7 heteroatoms. The Balaban J connectivity index is 1.19. The first-order valence-electron chi connectivity index (χ1n) is 10.8. The van der Waals surface area contributed by atoms with Crippen LogP contribution in [0.25, 0.3) is 10.9 Å². The number of nitrogens with zero attached hydrogens (tertiary/aromatic N) is 3. The van der Waals surface area contributed by atoms with Gasteiger partial charge in [0.05, 0.1) is 24.4 Å². The highest BCUT2D eigenvalue weighted by Gasteiger charge is 2.24. The molecule has 32 heavy (non-hydrogen) atoms. The van der Waals surface area contributed by atoms with Crippen molar-refractivity contribution in [2.45, 2.75) is 19.1 Å². The van der Waals surface area contributed by atoms with E-state index in [2.05, 4.69) is 38.3 Å². The lowest BCUT2D eigenvalue weighted by Gasteiger charge is -2.32. The molecule has 6 nitrogen and oxygen atoms in total. The average molecular weight is 432 g/mol. The topological polar surface area (TPSA) is 63.3 Å². The number of aromatic nitrogens is 3. The van der Waals surface area contributed by atoms with Crippen LogP contribution in [0.3, 0.4) is 0 Å². The van der Waals surface area contributed by atoms with E-state index in [1.54, 1.807) is 18.2 Å². The van der Waals surface area contributed by atoms with Crippen molar-refractivity contribution in [2.24, 2.45) is 0 Å². The molecule has 0 unspecified atom stereocenters. The van der Waals surface area contributed by atoms with Gasteiger partial charge in [-0.05, 0) is 35.9 Å². The zero-order valence-corrected chi connectivity index (χ0v) is 17.7. The number of benzene rings is 2. The molecule has 5 rings (SSSR count). The Morgan fingerprint density at radius 1 is 1.12 bits per heavy atom. The molecule has 1 N–H and O–H groups in total. The first-order chi connectivity index (χ1) is 15.8. The fraction of sp³-hybridized carbons (Fsp3) is 0.280. The van der Waals surface area contributed by atoms with Gasteiger partial charge < -0.3 is 9.47 Å². The zero-order chi connectivity index (χ0) is 21.8. The van der Waals surface area contributed by atoms with Gasteiger partial charge in [0.2, 0.25) is 0 Å². The largest absolute Gasteiger partial charge is 0.490 e. The Hall–Kier alpha value is -3.29. The second-order valence-corrected chi connectivity index (χ2v) is 7.93. The van der Waals surface area contributed by atoms with Gasteiger partial charge in [-0.15, -0.1) is 0 Å². The highest BCUT2D eigenvalue weighted by molar-refractivity contribution is 5.81. The average Bonchev–Trinajstić information content (AvgIpc) is 3.30. The van der Waals surface area contributed by atoms with Crippen molar-refractivity contribution in [1.82, 2.24) is 20.1 Å². The van der Waals surface area contributed by atoms with Crippen LogP contribution in [0, 0.1) is 5.82 Å². The minimum Gasteiger partial charge on any atom is -0.490 e. The number of rotatable bonds is 7. The summed E-state index contributed by atoms with van der Waals surface area (Å²) in [7, 11) is 0. The Morgan fingerprint density at radius 2 is 2.00 bits per heavy atom. The molecule has 164 valence electrons. The fourth-order valence-electron chi connectivity index (χ4n) is 4.06. The summed E-state index contributed by atoms with van der Waals surface area (Å²) < 4.78 is 25.2. The number of halogens is 1. The van der Waals surface area contributed by atoms with Gasteiger partial charge in [0.25, 0.3) is 0 Å². The van der Waals surface area contributed by atoms with Gasteiger partial charge in [-0.2, -0.15) is 5.10 Å². The Labute approximate surface area is 186 Å². The summed E-state index contributed by atoms with van der Waals surface area (Å²) in [5.74, 6) is -0.0856. The van der Waals surface area contributed by atoms with E-state index in [1.807, 2.05) is 24.4 Å². The smallest absolute Gasteiger partial charge is 0.165 e. The summed E-state index contributed by atoms with van der Waals surface area (Å²) in [6, 6.07) is 18.8. The lowest BCUT2D eigenvalue weighted by atomic mass is 10.1. The number of para-hydroxylation sites is 2. The number of aromatic amines is 1. The van der Waals surface area contributed by atoms with Crippen LogP contribution in [0.4, 0.5) is 4.39 Å². The van der Waals surface area contributed by atoms with Crippen molar-refractivity contribution in [3.05, 3.63) is 89.6 Å². The molecule has 1 atom stereocenters. The SMILES string of the molecule is Fc1ccccc1OCCc1cc([C@@H]2CN(Cc3ccnc4ccccc34)CCO2)n[nH]1. The molecule has 2 aromatic heterocycles. The minimum atomic E-state index is -0.351. The van der Waals surface area contributed by atoms with Crippen LogP contribution in [-0.2, 0) is 17.7 Å². The Morgan fingerprint density at radius 3 is 2.94 bits per heavy atom. The molecule has 0 saturated carbocycles. The third kappa shape index (κ3) is 4.64. The molecular formula is C25H25FN4O2. The number of nitrogens with one attached hydrogen (secondary N) is 1. The summed E-state index contributed by atoms with van der Waals surface area (Å²) in [6.07, 6.45) is 2.40. The van der Waals surface area contributed by atoms with Crippen molar-refractivity contribution in [1.29, 1.82) is 0 Å². The normalized spacial score (nSPS) is 17.0. The van der Waals surface area contributed by atoms with Gasteiger partial charge >= 0.3 is 0 Å². The summed E-state index contributed by atoms with van der Waals surface area (Å²) >= 11 is 0. The van der Waals surface area contributed by atoms with Crippen LogP contribution in [0.1, 0.15) is 23.1 Å². The fourth-order valence-corrected chi connectivity index (χ4v) is 4.06. The van der Waals surface area contributed by atoms with Crippen LogP contribution < -0.4 is 4.74 Å². The highest BCUT2D eigenvalue weighted by atomic mass is 19.1. The number of ether oxygens (including phenoxy) is 2. The number of hydrogen-bond donors (Lipinski definition) is 1. The monoisotopic (exact) mass is 432 g/mol. The predicted octanol–water partition coefficient (Wildman–Crippen LogP) is 4.29. The van der Waals surface area contributed by atoms with E-state index in [9.17, 15) is 4.39 Å². The third-order valence-electron chi connectivity index (χ3n) is 5.73. The van der Waals surface area contributed by atoms with Crippen molar-refractivity contribution in [3.63, 3.8) is 0 Å². The lowest BCUT2D eigenvalue weighted by Crippen LogP contribution is -2.38. The highest BCUT2D eigenvalue weighted by Crippen LogP contribution is 2.25. The summed E-state index contributed by atoms with van der Waals surface area (Å²) in [5, 5.41) is 8.71. The van der Waals surface area contributed by atoms with Gasteiger partial charge in [0, 0.05) is 43.3 Å². The number of fused-ring (bicyclic) bond motifs is 1. The molecule has 0 bridgehead atoms. The maximum atomic E-state index is 13.7. The lowest BCUT2D eigenvalue weighted by molar-refractivity contribution is -0.0348. The van der Waals surface area contributed by atoms with Gasteiger partial charge in [-0.25, -0.2) is 4.39 Å². The summed E-state index contributed by atoms with van der Waals surface area (Å²) in [6.45, 7) is 3.52. The molecular weight excluding hydrogens is 407 g/mol. The van der Waals surface area contributed by atoms with Gasteiger partial charge in [-0.1, -0.05) is 30.3 Å². The summed E-state index contributed by atoms with van der Waals surface area (Å²) in [5.41, 5.74) is 4.11. The van der Waals surface area contributed by atoms with Crippen molar-refractivity contribution >= 4 is 10.9 Å². The minimum absolute atomic E-state index is 0.0886. The molecule has 2 aromatic carbocycles. The molecule has 1 saturated heterocycles. The van der Waals surface area contributed by atoms with Crippen LogP contribution in [0.2, 0.25) is 0 Å². The number of H-pyrrole nitrogens is 1. The van der Waals surface area contributed by atoms with Crippen molar-refractivity contribution in [2.75, 3.05) is 26.3 Å². The van der Waals surface area contributed by atoms with Crippen LogP contribution in [0.5, 0.6) is 5.75 Å². The number of hydrogen-bond acceptors (Lipinski definition) is 5. The molecule has 0 spiro atoms. The van der Waals surface area contributed by atoms with Crippen LogP contribution >= 0.6 is 0 Å². The number of pyridine rings is 1. The molecule has 1 aliphatic rings. The molecule has 1 aliphatic heterocycles. The zero-order valence-electron chi connectivity index (χ0n) is 17.7. The molecule has 0 radical (unpaired) electrons. The van der Waals surface area contributed by atoms with E-state index in [4.69, 9.17) is 9.47 Å². The molecule has 3 heterocycles. The van der Waals surface area contributed by atoms with Gasteiger partial charge in [0.1, 0.15) is 6.10 Å². The van der Waals surface area contributed by atoms with Gasteiger partial charge in [0.15, 0.2) is 11.6 Å². The second kappa shape index (κ2) is 9.46. The molecule has 4 aromatic rings. The van der Waals surface area contributed by atoms with E-state index < -0.39 is 0 Å². The second-order valence-electron chi connectivity index (χ2n) is 7.93. The van der Waals surface area contributed by atoms with Crippen molar-refractivity contribution < 1.29 is 13.9 Å². The third-order valence-corrected chi connectivity index (χ3v) is 5.73. The maximum absolute atomic E-state index is 13.7. The van der Waals surface area contributed by atoms with E-state index in [1.165, 1.54) is 17.0 Å². The first-order valence-corrected chi connectivity index (χ1v) is 10.8. The van der Waals surface area contributed by atoms with E-state index in [0.29, 0.717) is 19.6 Å². The summed E-state index contributed by atoms with van der Waals surface area (Å²) in [4.78, 5) is 6.85. The van der Waals surface area contributed by atoms with E-state index >= 15 is 0 Å². The maximum Gasteiger partial charge on any atom is 0.165 e. The molecule has 0 amide bonds. The molecule has 0 aliphatic carbocycles. The van der Waals surface area contributed by atoms with Crippen LogP contribution in [0.15, 0.2) is 66.9 Å². The standard InChI is InChI=1S/C25H25FN4O2/c26-21-6-2-4-8-24(21)31-13-10-19-15-23(29-28-19)25-17-30(12-14-32-25)16-18-9-11-27-22-7-3-1-5-20(18)22/h1-9,11,15,25H,10,12-14,16-17H2,(H,28,29)/t25-/m0/s1. The predicted molar refractivity (Wildman–Crippen MR) is 120 cm³/mol. The van der Waals surface area contributed by atoms with Gasteiger partial charge in [-0.3, -0.25) is 15.0 Å². The molecule has 1 fully saturated rings. The Bertz CT molecular complexity index is 1190. The van der Waals surface area contributed by atoms with E-state index in [-0.39, 0.29) is 17.7 Å². The van der Waals surface area contributed by atoms with Crippen LogP contribution in [-0.4, -0.2) is 46.4 Å². The van der Waals surface area contributed by atoms with E-state index in [0.717, 1.165) is 36.5 Å². The Kier molecular flexibility index (Phi) is 6.09.